The number of hydrogen-bond donors (Lipinski definition) is 0. The highest BCUT2D eigenvalue weighted by Crippen LogP contribution is 2.53. The van der Waals surface area contributed by atoms with Crippen LogP contribution in [0.4, 0.5) is 19.0 Å². The Bertz CT molecular complexity index is 1470. The first-order valence-corrected chi connectivity index (χ1v) is 14.6. The summed E-state index contributed by atoms with van der Waals surface area (Å²) >= 11 is 0. The van der Waals surface area contributed by atoms with Crippen molar-refractivity contribution in [2.75, 3.05) is 37.5 Å². The van der Waals surface area contributed by atoms with Crippen LogP contribution in [-0.4, -0.2) is 71.5 Å². The van der Waals surface area contributed by atoms with Crippen LogP contribution >= 0.6 is 0 Å². The Hall–Kier alpha value is -2.71. The number of halogens is 3. The second-order valence-corrected chi connectivity index (χ2v) is 12.7. The van der Waals surface area contributed by atoms with E-state index in [4.69, 9.17) is 14.5 Å². The van der Waals surface area contributed by atoms with E-state index in [-0.39, 0.29) is 17.4 Å². The van der Waals surface area contributed by atoms with Crippen LogP contribution in [0.25, 0.3) is 16.9 Å². The van der Waals surface area contributed by atoms with E-state index in [9.17, 15) is 21.6 Å². The smallest absolute Gasteiger partial charge is 0.377 e. The molecule has 206 valence electrons. The maximum atomic E-state index is 13.8. The zero-order chi connectivity index (χ0) is 26.9. The quantitative estimate of drug-likeness (QED) is 0.472. The van der Waals surface area contributed by atoms with Crippen molar-refractivity contribution in [3.63, 3.8) is 0 Å². The Morgan fingerprint density at radius 2 is 1.95 bits per heavy atom. The molecule has 3 aliphatic rings. The molecule has 2 aliphatic heterocycles. The Morgan fingerprint density at radius 1 is 1.16 bits per heavy atom. The molecule has 1 unspecified atom stereocenters. The third-order valence-electron chi connectivity index (χ3n) is 7.73. The molecule has 6 rings (SSSR count). The molecule has 3 aromatic rings. The summed E-state index contributed by atoms with van der Waals surface area (Å²) < 4.78 is 80.1. The summed E-state index contributed by atoms with van der Waals surface area (Å²) in [7, 11) is -3.51. The Kier molecular flexibility index (Phi) is 6.00. The van der Waals surface area contributed by atoms with E-state index in [2.05, 4.69) is 10.2 Å². The Balaban J connectivity index is 1.58. The molecule has 0 spiro atoms. The number of nitrogens with zero attached hydrogens (tertiary/aromatic N) is 6. The molecule has 2 saturated heterocycles. The summed E-state index contributed by atoms with van der Waals surface area (Å²) in [5.74, 6) is 0.538. The molecule has 0 radical (unpaired) electrons. The highest BCUT2D eigenvalue weighted by Gasteiger charge is 2.56. The van der Waals surface area contributed by atoms with Gasteiger partial charge in [-0.05, 0) is 45.1 Å². The van der Waals surface area contributed by atoms with Gasteiger partial charge in [0.15, 0.2) is 27.4 Å². The number of rotatable bonds is 5. The maximum absolute atomic E-state index is 13.8. The molecule has 14 heteroatoms. The number of anilines is 1. The van der Waals surface area contributed by atoms with Gasteiger partial charge in [0.25, 0.3) is 0 Å². The zero-order valence-corrected chi connectivity index (χ0v) is 21.9. The van der Waals surface area contributed by atoms with E-state index in [1.54, 1.807) is 6.07 Å². The number of aromatic nitrogens is 5. The molecular formula is C24H29F3N6O4S. The fraction of sp³-hybridized carbons (Fsp3) is 0.625. The first kappa shape index (κ1) is 25.6. The lowest BCUT2D eigenvalue weighted by Gasteiger charge is -2.34. The van der Waals surface area contributed by atoms with Crippen molar-refractivity contribution in [1.82, 2.24) is 24.4 Å². The summed E-state index contributed by atoms with van der Waals surface area (Å²) in [5.41, 5.74) is 0.205. The van der Waals surface area contributed by atoms with Crippen molar-refractivity contribution in [3.05, 3.63) is 29.7 Å². The number of alkyl halides is 3. The average Bonchev–Trinajstić information content (AvgIpc) is 3.40. The zero-order valence-electron chi connectivity index (χ0n) is 21.1. The van der Waals surface area contributed by atoms with Crippen molar-refractivity contribution in [2.45, 2.75) is 62.2 Å². The molecule has 1 aliphatic carbocycles. The van der Waals surface area contributed by atoms with Gasteiger partial charge in [-0.2, -0.15) is 23.4 Å². The predicted octanol–water partition coefficient (Wildman–Crippen LogP) is 3.57. The van der Waals surface area contributed by atoms with Crippen molar-refractivity contribution in [1.29, 1.82) is 0 Å². The Morgan fingerprint density at radius 3 is 2.58 bits per heavy atom. The largest absolute Gasteiger partial charge is 0.435 e. The van der Waals surface area contributed by atoms with Gasteiger partial charge < -0.3 is 14.4 Å². The van der Waals surface area contributed by atoms with Gasteiger partial charge in [-0.1, -0.05) is 0 Å². The van der Waals surface area contributed by atoms with Gasteiger partial charge in [0, 0.05) is 25.5 Å². The lowest BCUT2D eigenvalue weighted by atomic mass is 10.1. The monoisotopic (exact) mass is 554 g/mol. The number of sulfone groups is 1. The minimum Gasteiger partial charge on any atom is -0.377 e. The number of morpholine rings is 1. The van der Waals surface area contributed by atoms with Gasteiger partial charge in [0.1, 0.15) is 10.6 Å². The molecule has 5 heterocycles. The highest BCUT2D eigenvalue weighted by molar-refractivity contribution is 7.91. The molecule has 0 bridgehead atoms. The molecule has 10 nitrogen and oxygen atoms in total. The molecule has 3 aromatic heterocycles. The first-order chi connectivity index (χ1) is 18.0. The third-order valence-corrected chi connectivity index (χ3v) is 9.77. The van der Waals surface area contributed by atoms with Gasteiger partial charge in [-0.25, -0.2) is 22.6 Å². The van der Waals surface area contributed by atoms with Crippen LogP contribution in [-0.2, 0) is 30.2 Å². The second-order valence-electron chi connectivity index (χ2n) is 10.4. The van der Waals surface area contributed by atoms with E-state index in [1.807, 2.05) is 11.8 Å². The second kappa shape index (κ2) is 8.91. The standard InChI is InChI=1S/C24H29F3N6O4S/c1-15-14-36-10-8-31(15)20-12-19(23(6-7-23)38(2,34)35)33-22(29-20)16(13-28-33)17-11-18(24(25,26)27)30-32(17)21-5-3-4-9-37-21/h11-13,15,21H,3-10,14H2,1-2H3/t15-,21?/m1/s1. The van der Waals surface area contributed by atoms with E-state index >= 15 is 0 Å². The van der Waals surface area contributed by atoms with Crippen molar-refractivity contribution in [2.24, 2.45) is 0 Å². The molecule has 0 N–H and O–H groups in total. The van der Waals surface area contributed by atoms with Gasteiger partial charge in [-0.15, -0.1) is 0 Å². The van der Waals surface area contributed by atoms with Gasteiger partial charge in [0.05, 0.1) is 42.4 Å². The minimum atomic E-state index is -4.65. The third kappa shape index (κ3) is 4.16. The van der Waals surface area contributed by atoms with Gasteiger partial charge in [-0.3, -0.25) is 0 Å². The van der Waals surface area contributed by atoms with Crippen molar-refractivity contribution < 1.29 is 31.1 Å². The minimum absolute atomic E-state index is 0.0238. The van der Waals surface area contributed by atoms with Crippen LogP contribution in [0.15, 0.2) is 18.3 Å². The van der Waals surface area contributed by atoms with Crippen LogP contribution in [0.3, 0.4) is 0 Å². The summed E-state index contributed by atoms with van der Waals surface area (Å²) in [6.07, 6.45) is 0.364. The SMILES string of the molecule is C[C@@H]1COCCN1c1cc(C2(S(C)(=O)=O)CC2)n2ncc(-c3cc(C(F)(F)F)nn3C3CCCCO3)c2n1. The maximum Gasteiger partial charge on any atom is 0.435 e. The summed E-state index contributed by atoms with van der Waals surface area (Å²) in [6.45, 7) is 3.92. The van der Waals surface area contributed by atoms with Crippen LogP contribution in [0, 0.1) is 0 Å². The summed E-state index contributed by atoms with van der Waals surface area (Å²) in [6, 6.07) is 2.72. The van der Waals surface area contributed by atoms with E-state index < -0.39 is 32.7 Å². The van der Waals surface area contributed by atoms with E-state index in [1.165, 1.54) is 21.6 Å². The first-order valence-electron chi connectivity index (χ1n) is 12.7. The number of ether oxygens (including phenoxy) is 2. The van der Waals surface area contributed by atoms with Crippen LogP contribution in [0.1, 0.15) is 56.6 Å². The van der Waals surface area contributed by atoms with Crippen LogP contribution in [0.5, 0.6) is 0 Å². The molecule has 1 saturated carbocycles. The van der Waals surface area contributed by atoms with Crippen molar-refractivity contribution >= 4 is 21.3 Å². The highest BCUT2D eigenvalue weighted by atomic mass is 32.2. The van der Waals surface area contributed by atoms with Crippen molar-refractivity contribution in [3.8, 4) is 11.3 Å². The molecular weight excluding hydrogens is 525 g/mol. The summed E-state index contributed by atoms with van der Waals surface area (Å²) in [5, 5.41) is 8.36. The van der Waals surface area contributed by atoms with E-state index in [0.29, 0.717) is 62.7 Å². The van der Waals surface area contributed by atoms with E-state index in [0.717, 1.165) is 18.9 Å². The fourth-order valence-corrected chi connectivity index (χ4v) is 6.84. The van der Waals surface area contributed by atoms with Crippen LogP contribution < -0.4 is 4.90 Å². The average molecular weight is 555 g/mol. The molecule has 0 amide bonds. The van der Waals surface area contributed by atoms with Gasteiger partial charge in [0.2, 0.25) is 0 Å². The van der Waals surface area contributed by atoms with Gasteiger partial charge >= 0.3 is 6.18 Å². The predicted molar refractivity (Wildman–Crippen MR) is 131 cm³/mol. The molecule has 0 aromatic carbocycles. The van der Waals surface area contributed by atoms with Crippen LogP contribution in [0.2, 0.25) is 0 Å². The normalized spacial score (nSPS) is 24.2. The number of fused-ring (bicyclic) bond motifs is 1. The fourth-order valence-electron chi connectivity index (χ4n) is 5.47. The Labute approximate surface area is 217 Å². The lowest BCUT2D eigenvalue weighted by molar-refractivity contribution is -0.142. The summed E-state index contributed by atoms with van der Waals surface area (Å²) in [4.78, 5) is 6.87. The number of hydrogen-bond acceptors (Lipinski definition) is 8. The molecule has 3 fully saturated rings. The molecule has 38 heavy (non-hydrogen) atoms. The topological polar surface area (TPSA) is 104 Å². The molecule has 2 atom stereocenters. The lowest BCUT2D eigenvalue weighted by Crippen LogP contribution is -2.44.